The zero-order valence-corrected chi connectivity index (χ0v) is 12.3. The second-order valence-corrected chi connectivity index (χ2v) is 2.98. The van der Waals surface area contributed by atoms with E-state index in [0.717, 1.165) is 0 Å². The molecule has 0 rings (SSSR count). The van der Waals surface area contributed by atoms with Crippen molar-refractivity contribution in [2.24, 2.45) is 0 Å². The van der Waals surface area contributed by atoms with Crippen molar-refractivity contribution in [2.45, 2.75) is 34.0 Å². The Morgan fingerprint density at radius 2 is 1.37 bits per heavy atom. The van der Waals surface area contributed by atoms with E-state index in [2.05, 4.69) is 4.74 Å². The zero-order valence-electron chi connectivity index (χ0n) is 12.3. The average Bonchev–Trinajstić information content (AvgIpc) is 2.41. The van der Waals surface area contributed by atoms with Crippen LogP contribution in [0.25, 0.3) is 0 Å². The standard InChI is InChI=1S/C9H18O3.C5H8O2/c1-4-10-8-7-9(11-5-2)12-6-3;1-2-7-5-3-4-6/h7-9H,4-6H2,1-3H3;3-5H,2H2,1H3/b8-7+;5-3+. The summed E-state index contributed by atoms with van der Waals surface area (Å²) in [4.78, 5) is 9.51. The fraction of sp³-hybridized carbons (Fsp3) is 0.643. The van der Waals surface area contributed by atoms with E-state index in [1.165, 1.54) is 12.3 Å². The SMILES string of the molecule is CCO/C=C/C(OCC)OCC.CCO/C=C/C=O. The van der Waals surface area contributed by atoms with E-state index in [-0.39, 0.29) is 6.29 Å². The minimum Gasteiger partial charge on any atom is -0.502 e. The van der Waals surface area contributed by atoms with Crippen molar-refractivity contribution in [2.75, 3.05) is 26.4 Å². The van der Waals surface area contributed by atoms with Gasteiger partial charge in [0.15, 0.2) is 6.29 Å². The normalized spacial score (nSPS) is 10.6. The van der Waals surface area contributed by atoms with Crippen molar-refractivity contribution in [1.29, 1.82) is 0 Å². The Morgan fingerprint density at radius 3 is 1.79 bits per heavy atom. The topological polar surface area (TPSA) is 54.0 Å². The largest absolute Gasteiger partial charge is 0.502 e. The Labute approximate surface area is 116 Å². The molecular weight excluding hydrogens is 248 g/mol. The lowest BCUT2D eigenvalue weighted by Crippen LogP contribution is -2.14. The molecule has 0 atom stereocenters. The first-order chi connectivity index (χ1) is 9.26. The van der Waals surface area contributed by atoms with Gasteiger partial charge in [-0.1, -0.05) is 0 Å². The van der Waals surface area contributed by atoms with E-state index in [9.17, 15) is 4.79 Å². The lowest BCUT2D eigenvalue weighted by Gasteiger charge is -2.11. The van der Waals surface area contributed by atoms with Crippen molar-refractivity contribution in [3.8, 4) is 0 Å². The highest BCUT2D eigenvalue weighted by molar-refractivity contribution is 5.64. The van der Waals surface area contributed by atoms with Crippen LogP contribution in [0.1, 0.15) is 27.7 Å². The van der Waals surface area contributed by atoms with Gasteiger partial charge < -0.3 is 18.9 Å². The molecule has 0 radical (unpaired) electrons. The molecule has 112 valence electrons. The van der Waals surface area contributed by atoms with E-state index in [1.807, 2.05) is 27.7 Å². The van der Waals surface area contributed by atoms with Crippen molar-refractivity contribution >= 4 is 6.29 Å². The average molecular weight is 274 g/mol. The van der Waals surface area contributed by atoms with Crippen LogP contribution >= 0.6 is 0 Å². The second-order valence-electron chi connectivity index (χ2n) is 2.98. The van der Waals surface area contributed by atoms with E-state index in [1.54, 1.807) is 12.3 Å². The smallest absolute Gasteiger partial charge is 0.179 e. The second kappa shape index (κ2) is 19.0. The van der Waals surface area contributed by atoms with Gasteiger partial charge in [-0.3, -0.25) is 4.79 Å². The van der Waals surface area contributed by atoms with Crippen LogP contribution in [0, 0.1) is 0 Å². The first-order valence-corrected chi connectivity index (χ1v) is 6.49. The van der Waals surface area contributed by atoms with Gasteiger partial charge in [0.25, 0.3) is 0 Å². The van der Waals surface area contributed by atoms with Crippen molar-refractivity contribution in [3.05, 3.63) is 24.7 Å². The van der Waals surface area contributed by atoms with E-state index in [4.69, 9.17) is 14.2 Å². The Kier molecular flexibility index (Phi) is 20.0. The summed E-state index contributed by atoms with van der Waals surface area (Å²) in [6.07, 6.45) is 6.45. The third-order valence-electron chi connectivity index (χ3n) is 1.58. The van der Waals surface area contributed by atoms with Gasteiger partial charge in [-0.25, -0.2) is 0 Å². The molecule has 5 heteroatoms. The summed E-state index contributed by atoms with van der Waals surface area (Å²) < 4.78 is 20.2. The monoisotopic (exact) mass is 274 g/mol. The fourth-order valence-electron chi connectivity index (χ4n) is 0.888. The molecule has 0 N–H and O–H groups in total. The molecule has 0 aliphatic rings. The summed E-state index contributed by atoms with van der Waals surface area (Å²) in [6.45, 7) is 10.2. The Morgan fingerprint density at radius 1 is 0.842 bits per heavy atom. The summed E-state index contributed by atoms with van der Waals surface area (Å²) in [5.41, 5.74) is 0. The van der Waals surface area contributed by atoms with Crippen LogP contribution < -0.4 is 0 Å². The maximum absolute atomic E-state index is 9.51. The molecule has 19 heavy (non-hydrogen) atoms. The summed E-state index contributed by atoms with van der Waals surface area (Å²) in [5.74, 6) is 0. The summed E-state index contributed by atoms with van der Waals surface area (Å²) in [5, 5.41) is 0. The Hall–Kier alpha value is -1.33. The molecule has 0 aromatic heterocycles. The van der Waals surface area contributed by atoms with Crippen LogP contribution in [0.3, 0.4) is 0 Å². The highest BCUT2D eigenvalue weighted by Crippen LogP contribution is 1.97. The first-order valence-electron chi connectivity index (χ1n) is 6.49. The minimum absolute atomic E-state index is 0.272. The lowest BCUT2D eigenvalue weighted by atomic mass is 10.6. The number of carbonyl (C=O) groups excluding carboxylic acids is 1. The third kappa shape index (κ3) is 19.2. The molecule has 0 amide bonds. The predicted molar refractivity (Wildman–Crippen MR) is 74.6 cm³/mol. The van der Waals surface area contributed by atoms with Crippen LogP contribution in [0.2, 0.25) is 0 Å². The van der Waals surface area contributed by atoms with Gasteiger partial charge in [0, 0.05) is 25.4 Å². The molecule has 0 aliphatic carbocycles. The molecule has 0 heterocycles. The van der Waals surface area contributed by atoms with Gasteiger partial charge in [0.05, 0.1) is 25.7 Å². The van der Waals surface area contributed by atoms with Gasteiger partial charge in [-0.05, 0) is 27.7 Å². The van der Waals surface area contributed by atoms with Crippen LogP contribution in [0.5, 0.6) is 0 Å². The number of allylic oxidation sites excluding steroid dienone is 1. The van der Waals surface area contributed by atoms with Crippen molar-refractivity contribution < 1.29 is 23.7 Å². The molecular formula is C14H26O5. The number of hydrogen-bond acceptors (Lipinski definition) is 5. The van der Waals surface area contributed by atoms with Gasteiger partial charge in [-0.15, -0.1) is 0 Å². The van der Waals surface area contributed by atoms with Gasteiger partial charge in [0.2, 0.25) is 0 Å². The molecule has 0 bridgehead atoms. The third-order valence-corrected chi connectivity index (χ3v) is 1.58. The molecule has 0 saturated heterocycles. The molecule has 0 aromatic rings. The maximum Gasteiger partial charge on any atom is 0.179 e. The van der Waals surface area contributed by atoms with Crippen LogP contribution in [-0.2, 0) is 23.7 Å². The molecule has 5 nitrogen and oxygen atoms in total. The highest BCUT2D eigenvalue weighted by atomic mass is 16.7. The summed E-state index contributed by atoms with van der Waals surface area (Å²) >= 11 is 0. The molecule has 0 fully saturated rings. The molecule has 0 aromatic carbocycles. The lowest BCUT2D eigenvalue weighted by molar-refractivity contribution is -0.105. The number of carbonyl (C=O) groups is 1. The molecule has 0 spiro atoms. The molecule has 0 saturated carbocycles. The van der Waals surface area contributed by atoms with E-state index >= 15 is 0 Å². The number of rotatable bonds is 10. The van der Waals surface area contributed by atoms with Gasteiger partial charge in [0.1, 0.15) is 6.29 Å². The highest BCUT2D eigenvalue weighted by Gasteiger charge is 2.00. The van der Waals surface area contributed by atoms with Crippen molar-refractivity contribution in [1.82, 2.24) is 0 Å². The van der Waals surface area contributed by atoms with Crippen LogP contribution in [0.4, 0.5) is 0 Å². The summed E-state index contributed by atoms with van der Waals surface area (Å²) in [6, 6.07) is 0. The number of aldehydes is 1. The number of hydrogen-bond donors (Lipinski definition) is 0. The Balaban J connectivity index is 0. The quantitative estimate of drug-likeness (QED) is 0.265. The van der Waals surface area contributed by atoms with E-state index in [0.29, 0.717) is 32.7 Å². The first kappa shape index (κ1) is 20.0. The zero-order chi connectivity index (χ0) is 14.8. The maximum atomic E-state index is 9.51. The van der Waals surface area contributed by atoms with Crippen LogP contribution in [-0.4, -0.2) is 39.0 Å². The summed E-state index contributed by atoms with van der Waals surface area (Å²) in [7, 11) is 0. The fourth-order valence-corrected chi connectivity index (χ4v) is 0.888. The van der Waals surface area contributed by atoms with E-state index < -0.39 is 0 Å². The van der Waals surface area contributed by atoms with Crippen LogP contribution in [0.15, 0.2) is 24.7 Å². The van der Waals surface area contributed by atoms with Crippen molar-refractivity contribution in [3.63, 3.8) is 0 Å². The Bertz CT molecular complexity index is 220. The van der Waals surface area contributed by atoms with Gasteiger partial charge in [-0.2, -0.15) is 0 Å². The van der Waals surface area contributed by atoms with Gasteiger partial charge >= 0.3 is 0 Å². The molecule has 0 unspecified atom stereocenters. The minimum atomic E-state index is -0.272. The number of ether oxygens (including phenoxy) is 4. The predicted octanol–water partition coefficient (Wildman–Crippen LogP) is 2.67. The molecule has 0 aliphatic heterocycles.